The van der Waals surface area contributed by atoms with Crippen LogP contribution >= 0.6 is 0 Å². The minimum Gasteiger partial charge on any atom is -0.310 e. The summed E-state index contributed by atoms with van der Waals surface area (Å²) in [4.78, 5) is 4.16. The molecule has 0 spiro atoms. The van der Waals surface area contributed by atoms with Crippen LogP contribution in [0.5, 0.6) is 0 Å². The van der Waals surface area contributed by atoms with Gasteiger partial charge in [-0.2, -0.15) is 0 Å². The number of fused-ring (bicyclic) bond motifs is 1. The Morgan fingerprint density at radius 1 is 1.25 bits per heavy atom. The molecule has 0 radical (unpaired) electrons. The van der Waals surface area contributed by atoms with Crippen LogP contribution in [0.4, 0.5) is 0 Å². The first kappa shape index (κ1) is 11.1. The van der Waals surface area contributed by atoms with E-state index in [0.717, 1.165) is 13.0 Å². The first-order valence-electron chi connectivity index (χ1n) is 5.92. The molecule has 0 aliphatic rings. The van der Waals surface area contributed by atoms with Gasteiger partial charge in [0.05, 0.1) is 0 Å². The average molecular weight is 214 g/mol. The second-order valence-electron chi connectivity index (χ2n) is 3.96. The minimum absolute atomic E-state index is 0.441. The second kappa shape index (κ2) is 5.08. The predicted octanol–water partition coefficient (Wildman–Crippen LogP) is 3.30. The Morgan fingerprint density at radius 2 is 2.12 bits per heavy atom. The van der Waals surface area contributed by atoms with Gasteiger partial charge in [0, 0.05) is 23.8 Å². The molecule has 2 heteroatoms. The number of pyridine rings is 1. The molecule has 1 N–H and O–H groups in total. The molecule has 0 fully saturated rings. The molecule has 0 aliphatic heterocycles. The number of aromatic nitrogens is 1. The van der Waals surface area contributed by atoms with Crippen molar-refractivity contribution in [1.29, 1.82) is 0 Å². The van der Waals surface area contributed by atoms with Crippen molar-refractivity contribution in [2.75, 3.05) is 6.54 Å². The number of hydrogen-bond donors (Lipinski definition) is 1. The van der Waals surface area contributed by atoms with E-state index in [4.69, 9.17) is 0 Å². The molecule has 2 nitrogen and oxygen atoms in total. The summed E-state index contributed by atoms with van der Waals surface area (Å²) in [6.45, 7) is 5.36. The quantitative estimate of drug-likeness (QED) is 0.844. The third kappa shape index (κ3) is 2.07. The zero-order valence-corrected chi connectivity index (χ0v) is 9.90. The zero-order valence-electron chi connectivity index (χ0n) is 9.90. The predicted molar refractivity (Wildman–Crippen MR) is 68.5 cm³/mol. The molecule has 0 saturated heterocycles. The maximum absolute atomic E-state index is 4.16. The van der Waals surface area contributed by atoms with E-state index < -0.39 is 0 Å². The molecule has 84 valence electrons. The molecular formula is C14H18N2. The molecule has 0 saturated carbocycles. The van der Waals surface area contributed by atoms with Gasteiger partial charge in [-0.1, -0.05) is 32.0 Å². The molecule has 0 amide bonds. The second-order valence-corrected chi connectivity index (χ2v) is 3.96. The number of nitrogens with zero attached hydrogens (tertiary/aromatic N) is 1. The highest BCUT2D eigenvalue weighted by Crippen LogP contribution is 2.25. The van der Waals surface area contributed by atoms with E-state index in [2.05, 4.69) is 48.4 Å². The molecule has 1 aromatic heterocycles. The number of rotatable bonds is 4. The highest BCUT2D eigenvalue weighted by molar-refractivity contribution is 5.85. The van der Waals surface area contributed by atoms with Crippen molar-refractivity contribution in [2.45, 2.75) is 26.3 Å². The maximum Gasteiger partial charge on any atom is 0.0346 e. The third-order valence-corrected chi connectivity index (χ3v) is 2.95. The van der Waals surface area contributed by atoms with Crippen molar-refractivity contribution < 1.29 is 0 Å². The van der Waals surface area contributed by atoms with E-state index in [1.54, 1.807) is 0 Å². The van der Waals surface area contributed by atoms with Gasteiger partial charge in [0.15, 0.2) is 0 Å². The normalized spacial score (nSPS) is 12.9. The molecule has 0 aliphatic carbocycles. The van der Waals surface area contributed by atoms with Crippen molar-refractivity contribution in [1.82, 2.24) is 10.3 Å². The van der Waals surface area contributed by atoms with E-state index in [1.807, 2.05) is 12.4 Å². The van der Waals surface area contributed by atoms with Gasteiger partial charge >= 0.3 is 0 Å². The summed E-state index contributed by atoms with van der Waals surface area (Å²) in [5, 5.41) is 6.05. The Labute approximate surface area is 96.7 Å². The van der Waals surface area contributed by atoms with Crippen LogP contribution in [0.3, 0.4) is 0 Å². The molecule has 1 unspecified atom stereocenters. The molecule has 1 heterocycles. The number of hydrogen-bond acceptors (Lipinski definition) is 2. The van der Waals surface area contributed by atoms with Gasteiger partial charge in [-0.05, 0) is 30.0 Å². The Balaban J connectivity index is 2.50. The summed E-state index contributed by atoms with van der Waals surface area (Å²) < 4.78 is 0. The molecule has 2 rings (SSSR count). The SMILES string of the molecule is CCNC(CC)c1cccc2cnccc12. The molecule has 1 aromatic carbocycles. The van der Waals surface area contributed by atoms with E-state index >= 15 is 0 Å². The lowest BCUT2D eigenvalue weighted by molar-refractivity contribution is 0.541. The van der Waals surface area contributed by atoms with E-state index in [1.165, 1.54) is 16.3 Å². The largest absolute Gasteiger partial charge is 0.310 e. The van der Waals surface area contributed by atoms with Crippen LogP contribution in [0, 0.1) is 0 Å². The summed E-state index contributed by atoms with van der Waals surface area (Å²) in [7, 11) is 0. The summed E-state index contributed by atoms with van der Waals surface area (Å²) in [6, 6.07) is 8.98. The van der Waals surface area contributed by atoms with E-state index in [0.29, 0.717) is 6.04 Å². The molecule has 1 atom stereocenters. The lowest BCUT2D eigenvalue weighted by Crippen LogP contribution is -2.20. The minimum atomic E-state index is 0.441. The van der Waals surface area contributed by atoms with Gasteiger partial charge in [-0.15, -0.1) is 0 Å². The number of nitrogens with one attached hydrogen (secondary N) is 1. The first-order chi connectivity index (χ1) is 7.86. The maximum atomic E-state index is 4.16. The fraction of sp³-hybridized carbons (Fsp3) is 0.357. The Morgan fingerprint density at radius 3 is 2.88 bits per heavy atom. The van der Waals surface area contributed by atoms with Crippen molar-refractivity contribution in [3.8, 4) is 0 Å². The Kier molecular flexibility index (Phi) is 3.52. The van der Waals surface area contributed by atoms with Crippen LogP contribution in [0.2, 0.25) is 0 Å². The van der Waals surface area contributed by atoms with Crippen LogP contribution in [-0.4, -0.2) is 11.5 Å². The van der Waals surface area contributed by atoms with Crippen molar-refractivity contribution in [2.24, 2.45) is 0 Å². The number of benzene rings is 1. The van der Waals surface area contributed by atoms with Gasteiger partial charge in [0.2, 0.25) is 0 Å². The highest BCUT2D eigenvalue weighted by Gasteiger charge is 2.10. The summed E-state index contributed by atoms with van der Waals surface area (Å²) in [6.07, 6.45) is 4.90. The Bertz CT molecular complexity index is 460. The van der Waals surface area contributed by atoms with Crippen LogP contribution in [0.15, 0.2) is 36.7 Å². The smallest absolute Gasteiger partial charge is 0.0346 e. The first-order valence-corrected chi connectivity index (χ1v) is 5.92. The molecular weight excluding hydrogens is 196 g/mol. The summed E-state index contributed by atoms with van der Waals surface area (Å²) >= 11 is 0. The van der Waals surface area contributed by atoms with Crippen LogP contribution in [0.1, 0.15) is 31.9 Å². The molecule has 16 heavy (non-hydrogen) atoms. The fourth-order valence-electron chi connectivity index (χ4n) is 2.17. The van der Waals surface area contributed by atoms with E-state index in [9.17, 15) is 0 Å². The zero-order chi connectivity index (χ0) is 11.4. The fourth-order valence-corrected chi connectivity index (χ4v) is 2.17. The molecule has 2 aromatic rings. The standard InChI is InChI=1S/C14H18N2/c1-3-14(16-4-2)13-7-5-6-11-10-15-9-8-12(11)13/h5-10,14,16H,3-4H2,1-2H3. The van der Waals surface area contributed by atoms with Gasteiger partial charge in [0.1, 0.15) is 0 Å². The highest BCUT2D eigenvalue weighted by atomic mass is 14.9. The van der Waals surface area contributed by atoms with Gasteiger partial charge in [0.25, 0.3) is 0 Å². The topological polar surface area (TPSA) is 24.9 Å². The lowest BCUT2D eigenvalue weighted by Gasteiger charge is -2.18. The van der Waals surface area contributed by atoms with Gasteiger partial charge < -0.3 is 5.32 Å². The van der Waals surface area contributed by atoms with Crippen molar-refractivity contribution in [3.63, 3.8) is 0 Å². The van der Waals surface area contributed by atoms with Crippen molar-refractivity contribution >= 4 is 10.8 Å². The van der Waals surface area contributed by atoms with Crippen LogP contribution in [0.25, 0.3) is 10.8 Å². The average Bonchev–Trinajstić information content (AvgIpc) is 2.35. The Hall–Kier alpha value is -1.41. The monoisotopic (exact) mass is 214 g/mol. The lowest BCUT2D eigenvalue weighted by atomic mass is 9.98. The third-order valence-electron chi connectivity index (χ3n) is 2.95. The van der Waals surface area contributed by atoms with Crippen LogP contribution < -0.4 is 5.32 Å². The van der Waals surface area contributed by atoms with Gasteiger partial charge in [-0.3, -0.25) is 4.98 Å². The van der Waals surface area contributed by atoms with Crippen LogP contribution in [-0.2, 0) is 0 Å². The van der Waals surface area contributed by atoms with Gasteiger partial charge in [-0.25, -0.2) is 0 Å². The van der Waals surface area contributed by atoms with Crippen molar-refractivity contribution in [3.05, 3.63) is 42.2 Å². The molecule has 0 bridgehead atoms. The summed E-state index contributed by atoms with van der Waals surface area (Å²) in [5.41, 5.74) is 1.38. The summed E-state index contributed by atoms with van der Waals surface area (Å²) in [5.74, 6) is 0. The van der Waals surface area contributed by atoms with E-state index in [-0.39, 0.29) is 0 Å².